The van der Waals surface area contributed by atoms with Gasteiger partial charge in [0, 0.05) is 11.6 Å². The third kappa shape index (κ3) is 1.98. The number of aryl methyl sites for hydroxylation is 1. The molecule has 0 aromatic carbocycles. The zero-order valence-corrected chi connectivity index (χ0v) is 14.1. The molecule has 0 bridgehead atoms. The molecule has 0 amide bonds. The Kier molecular flexibility index (Phi) is 2.97. The standard InChI is InChI=1S/C17H25N3S/c1-10-14-13(9-12-15(14)17(12,2)3)20(19-10)16(21)18-11-7-5-4-6-8-11/h11-12,15H,4-9H2,1-3H3,(H,18,21)/t12-,15+/m0/s1. The van der Waals surface area contributed by atoms with Gasteiger partial charge < -0.3 is 5.32 Å². The Hall–Kier alpha value is -0.900. The molecule has 4 heteroatoms. The van der Waals surface area contributed by atoms with E-state index in [1.165, 1.54) is 49.1 Å². The summed E-state index contributed by atoms with van der Waals surface area (Å²) >= 11 is 5.66. The van der Waals surface area contributed by atoms with Crippen molar-refractivity contribution in [3.05, 3.63) is 17.0 Å². The van der Waals surface area contributed by atoms with Gasteiger partial charge in [-0.1, -0.05) is 33.1 Å². The molecule has 114 valence electrons. The molecule has 2 atom stereocenters. The molecule has 1 aromatic heterocycles. The number of aromatic nitrogens is 2. The van der Waals surface area contributed by atoms with Crippen LogP contribution in [0.25, 0.3) is 0 Å². The quantitative estimate of drug-likeness (QED) is 0.805. The molecule has 1 aromatic rings. The molecule has 4 rings (SSSR count). The summed E-state index contributed by atoms with van der Waals surface area (Å²) in [6.07, 6.45) is 7.69. The van der Waals surface area contributed by atoms with Crippen LogP contribution in [0.3, 0.4) is 0 Å². The van der Waals surface area contributed by atoms with Gasteiger partial charge >= 0.3 is 0 Å². The van der Waals surface area contributed by atoms with Crippen LogP contribution in [0.5, 0.6) is 0 Å². The molecule has 2 fully saturated rings. The van der Waals surface area contributed by atoms with Crippen molar-refractivity contribution in [3.63, 3.8) is 0 Å². The Balaban J connectivity index is 1.56. The van der Waals surface area contributed by atoms with Crippen molar-refractivity contribution >= 4 is 17.3 Å². The SMILES string of the molecule is Cc1nn(C(=S)NC2CCCCC2)c2c1[C@H]1[C@H](C2)C1(C)C. The molecule has 2 saturated carbocycles. The lowest BCUT2D eigenvalue weighted by molar-refractivity contribution is 0.411. The van der Waals surface area contributed by atoms with E-state index >= 15 is 0 Å². The third-order valence-electron chi connectivity index (χ3n) is 6.11. The van der Waals surface area contributed by atoms with Crippen LogP contribution in [-0.4, -0.2) is 20.9 Å². The number of hydrogen-bond acceptors (Lipinski definition) is 2. The summed E-state index contributed by atoms with van der Waals surface area (Å²) < 4.78 is 2.04. The summed E-state index contributed by atoms with van der Waals surface area (Å²) in [5.41, 5.74) is 4.55. The molecule has 1 heterocycles. The average Bonchev–Trinajstić information content (AvgIpc) is 2.83. The fourth-order valence-electron chi connectivity index (χ4n) is 4.75. The fourth-order valence-corrected chi connectivity index (χ4v) is 5.06. The summed E-state index contributed by atoms with van der Waals surface area (Å²) in [4.78, 5) is 0. The molecule has 3 aliphatic rings. The lowest BCUT2D eigenvalue weighted by Crippen LogP contribution is -2.39. The Morgan fingerprint density at radius 1 is 1.29 bits per heavy atom. The predicted molar refractivity (Wildman–Crippen MR) is 88.7 cm³/mol. The molecule has 21 heavy (non-hydrogen) atoms. The van der Waals surface area contributed by atoms with Crippen LogP contribution in [0.4, 0.5) is 0 Å². The van der Waals surface area contributed by atoms with Gasteiger partial charge in [-0.15, -0.1) is 0 Å². The van der Waals surface area contributed by atoms with Gasteiger partial charge in [0.1, 0.15) is 0 Å². The molecule has 3 aliphatic carbocycles. The van der Waals surface area contributed by atoms with Crippen LogP contribution in [-0.2, 0) is 6.42 Å². The second kappa shape index (κ2) is 4.55. The van der Waals surface area contributed by atoms with E-state index in [-0.39, 0.29) is 0 Å². The van der Waals surface area contributed by atoms with Crippen molar-refractivity contribution in [1.29, 1.82) is 0 Å². The lowest BCUT2D eigenvalue weighted by atomic mass is 9.96. The van der Waals surface area contributed by atoms with Crippen molar-refractivity contribution in [2.75, 3.05) is 0 Å². The highest BCUT2D eigenvalue weighted by Gasteiger charge is 2.63. The monoisotopic (exact) mass is 303 g/mol. The van der Waals surface area contributed by atoms with Gasteiger partial charge in [-0.2, -0.15) is 5.10 Å². The second-order valence-corrected chi connectivity index (χ2v) is 8.14. The molecule has 0 spiro atoms. The average molecular weight is 303 g/mol. The lowest BCUT2D eigenvalue weighted by Gasteiger charge is -2.24. The van der Waals surface area contributed by atoms with Crippen molar-refractivity contribution in [3.8, 4) is 0 Å². The van der Waals surface area contributed by atoms with Crippen LogP contribution in [0.1, 0.15) is 68.8 Å². The second-order valence-electron chi connectivity index (χ2n) is 7.75. The summed E-state index contributed by atoms with van der Waals surface area (Å²) in [6, 6.07) is 0.554. The van der Waals surface area contributed by atoms with Gasteiger partial charge in [0.2, 0.25) is 0 Å². The summed E-state index contributed by atoms with van der Waals surface area (Å²) in [5, 5.41) is 9.14. The first-order valence-electron chi connectivity index (χ1n) is 8.39. The number of rotatable bonds is 1. The van der Waals surface area contributed by atoms with Gasteiger partial charge in [0.05, 0.1) is 11.4 Å². The topological polar surface area (TPSA) is 29.9 Å². The molecule has 3 nitrogen and oxygen atoms in total. The van der Waals surface area contributed by atoms with E-state index in [2.05, 4.69) is 26.1 Å². The van der Waals surface area contributed by atoms with Gasteiger partial charge in [-0.3, -0.25) is 0 Å². The van der Waals surface area contributed by atoms with E-state index in [0.717, 1.165) is 23.4 Å². The first-order valence-corrected chi connectivity index (χ1v) is 8.80. The Morgan fingerprint density at radius 3 is 2.71 bits per heavy atom. The molecule has 0 radical (unpaired) electrons. The molecule has 0 aliphatic heterocycles. The number of nitrogens with zero attached hydrogens (tertiary/aromatic N) is 2. The van der Waals surface area contributed by atoms with Crippen molar-refractivity contribution in [2.24, 2.45) is 11.3 Å². The Morgan fingerprint density at radius 2 is 2.00 bits per heavy atom. The Labute approximate surface area is 132 Å². The maximum Gasteiger partial charge on any atom is 0.194 e. The summed E-state index contributed by atoms with van der Waals surface area (Å²) in [7, 11) is 0. The first-order chi connectivity index (χ1) is 10.00. The molecule has 1 N–H and O–H groups in total. The minimum Gasteiger partial charge on any atom is -0.358 e. The third-order valence-corrected chi connectivity index (χ3v) is 6.40. The van der Waals surface area contributed by atoms with Crippen molar-refractivity contribution in [2.45, 2.75) is 71.3 Å². The number of fused-ring (bicyclic) bond motifs is 3. The predicted octanol–water partition coefficient (Wildman–Crippen LogP) is 3.54. The van der Waals surface area contributed by atoms with E-state index in [1.54, 1.807) is 0 Å². The van der Waals surface area contributed by atoms with Gasteiger partial charge in [-0.05, 0) is 55.7 Å². The summed E-state index contributed by atoms with van der Waals surface area (Å²) in [6.45, 7) is 6.93. The Bertz CT molecular complexity index is 595. The van der Waals surface area contributed by atoms with Gasteiger partial charge in [-0.25, -0.2) is 4.68 Å². The highest BCUT2D eigenvalue weighted by molar-refractivity contribution is 7.80. The minimum atomic E-state index is 0.476. The maximum absolute atomic E-state index is 5.66. The van der Waals surface area contributed by atoms with Crippen LogP contribution >= 0.6 is 12.2 Å². The number of hydrogen-bond donors (Lipinski definition) is 1. The van der Waals surface area contributed by atoms with E-state index < -0.39 is 0 Å². The number of nitrogens with one attached hydrogen (secondary N) is 1. The number of thiocarbonyl (C=S) groups is 1. The normalized spacial score (nSPS) is 29.9. The zero-order chi connectivity index (χ0) is 14.8. The largest absolute Gasteiger partial charge is 0.358 e. The van der Waals surface area contributed by atoms with Crippen molar-refractivity contribution < 1.29 is 0 Å². The highest BCUT2D eigenvalue weighted by Crippen LogP contribution is 2.70. The van der Waals surface area contributed by atoms with E-state index in [9.17, 15) is 0 Å². The molecule has 0 saturated heterocycles. The van der Waals surface area contributed by atoms with Gasteiger partial charge in [0.15, 0.2) is 5.11 Å². The molecular weight excluding hydrogens is 278 g/mol. The highest BCUT2D eigenvalue weighted by atomic mass is 32.1. The molecule has 0 unspecified atom stereocenters. The maximum atomic E-state index is 5.66. The molecular formula is C17H25N3S. The summed E-state index contributed by atoms with van der Waals surface area (Å²) in [5.74, 6) is 1.53. The van der Waals surface area contributed by atoms with E-state index in [1.807, 2.05) is 4.68 Å². The first kappa shape index (κ1) is 13.7. The van der Waals surface area contributed by atoms with E-state index in [4.69, 9.17) is 17.3 Å². The zero-order valence-electron chi connectivity index (χ0n) is 13.3. The van der Waals surface area contributed by atoms with Gasteiger partial charge in [0.25, 0.3) is 0 Å². The van der Waals surface area contributed by atoms with E-state index in [0.29, 0.717) is 11.5 Å². The van der Waals surface area contributed by atoms with Crippen LogP contribution in [0.15, 0.2) is 0 Å². The minimum absolute atomic E-state index is 0.476. The van der Waals surface area contributed by atoms with Crippen LogP contribution < -0.4 is 5.32 Å². The van der Waals surface area contributed by atoms with Crippen LogP contribution in [0.2, 0.25) is 0 Å². The van der Waals surface area contributed by atoms with Crippen molar-refractivity contribution in [1.82, 2.24) is 15.1 Å². The van der Waals surface area contributed by atoms with Crippen LogP contribution in [0, 0.1) is 18.3 Å². The fraction of sp³-hybridized carbons (Fsp3) is 0.765. The smallest absolute Gasteiger partial charge is 0.194 e.